The van der Waals surface area contributed by atoms with Crippen LogP contribution in [0.3, 0.4) is 0 Å². The monoisotopic (exact) mass is 337 g/mol. The van der Waals surface area contributed by atoms with Crippen LogP contribution >= 0.6 is 23.1 Å². The van der Waals surface area contributed by atoms with Gasteiger partial charge in [0.05, 0.1) is 17.8 Å². The van der Waals surface area contributed by atoms with Gasteiger partial charge in [-0.1, -0.05) is 30.7 Å². The van der Waals surface area contributed by atoms with Crippen LogP contribution in [0.25, 0.3) is 0 Å². The summed E-state index contributed by atoms with van der Waals surface area (Å²) >= 11 is 3.14. The number of amides is 1. The van der Waals surface area contributed by atoms with Gasteiger partial charge in [-0.05, 0) is 37.1 Å². The number of thiophene rings is 1. The number of carbonyl (C=O) groups is 1. The number of nitrogens with zero attached hydrogens (tertiary/aromatic N) is 2. The number of hydrogen-bond acceptors (Lipinski definition) is 4. The van der Waals surface area contributed by atoms with Gasteiger partial charge in [0.1, 0.15) is 0 Å². The average Bonchev–Trinajstić information content (AvgIpc) is 3.23. The molecular formula is C16H23N3OS2. The maximum atomic E-state index is 12.5. The van der Waals surface area contributed by atoms with Crippen LogP contribution in [0.4, 0.5) is 0 Å². The Bertz CT molecular complexity index is 524. The molecule has 120 valence electrons. The largest absolute Gasteiger partial charge is 0.379 e. The number of carbonyl (C=O) groups excluding carboxylic acids is 1. The predicted octanol–water partition coefficient (Wildman–Crippen LogP) is 3.40. The van der Waals surface area contributed by atoms with Gasteiger partial charge in [-0.3, -0.25) is 9.79 Å². The van der Waals surface area contributed by atoms with Gasteiger partial charge in [-0.25, -0.2) is 0 Å². The molecule has 6 heteroatoms. The Kier molecular flexibility index (Phi) is 5.41. The molecule has 0 radical (unpaired) electrons. The van der Waals surface area contributed by atoms with Crippen molar-refractivity contribution in [1.29, 1.82) is 0 Å². The predicted molar refractivity (Wildman–Crippen MR) is 94.3 cm³/mol. The third-order valence-corrected chi connectivity index (χ3v) is 6.19. The normalized spacial score (nSPS) is 23.4. The summed E-state index contributed by atoms with van der Waals surface area (Å²) < 4.78 is 0. The van der Waals surface area contributed by atoms with E-state index >= 15 is 0 Å². The van der Waals surface area contributed by atoms with E-state index in [4.69, 9.17) is 5.73 Å². The molecule has 2 N–H and O–H groups in total. The molecule has 1 aliphatic carbocycles. The molecule has 1 aliphatic heterocycles. The molecule has 1 unspecified atom stereocenters. The van der Waals surface area contributed by atoms with Crippen LogP contribution in [-0.4, -0.2) is 34.3 Å². The first-order valence-electron chi connectivity index (χ1n) is 8.03. The van der Waals surface area contributed by atoms with Gasteiger partial charge in [0.25, 0.3) is 0 Å². The summed E-state index contributed by atoms with van der Waals surface area (Å²) in [5, 5.41) is 2.66. The van der Waals surface area contributed by atoms with Crippen molar-refractivity contribution in [3.8, 4) is 0 Å². The van der Waals surface area contributed by atoms with Crippen molar-refractivity contribution in [2.75, 3.05) is 12.3 Å². The molecule has 1 saturated heterocycles. The lowest BCUT2D eigenvalue weighted by Crippen LogP contribution is -2.32. The zero-order valence-corrected chi connectivity index (χ0v) is 14.4. The van der Waals surface area contributed by atoms with Gasteiger partial charge in [0.15, 0.2) is 5.17 Å². The molecule has 0 bridgehead atoms. The first kappa shape index (κ1) is 15.9. The van der Waals surface area contributed by atoms with Crippen LogP contribution in [0.2, 0.25) is 0 Å². The Morgan fingerprint density at radius 1 is 1.36 bits per heavy atom. The van der Waals surface area contributed by atoms with E-state index in [1.807, 2.05) is 4.90 Å². The Morgan fingerprint density at radius 3 is 2.91 bits per heavy atom. The molecule has 2 heterocycles. The fourth-order valence-electron chi connectivity index (χ4n) is 3.31. The average molecular weight is 338 g/mol. The molecule has 1 aromatic rings. The van der Waals surface area contributed by atoms with Crippen molar-refractivity contribution in [2.24, 2.45) is 10.7 Å². The third-order valence-electron chi connectivity index (χ3n) is 4.42. The molecule has 4 nitrogen and oxygen atoms in total. The van der Waals surface area contributed by atoms with E-state index in [1.54, 1.807) is 11.3 Å². The van der Waals surface area contributed by atoms with Gasteiger partial charge in [-0.2, -0.15) is 0 Å². The highest BCUT2D eigenvalue weighted by Crippen LogP contribution is 2.34. The lowest BCUT2D eigenvalue weighted by molar-refractivity contribution is -0.129. The molecule has 0 aromatic carbocycles. The summed E-state index contributed by atoms with van der Waals surface area (Å²) in [6.45, 7) is 0.863. The zero-order chi connectivity index (χ0) is 15.4. The SMILES string of the molecule is NC(=NC1CCCC1)SCC(=O)N1CCCC1c1cccs1. The summed E-state index contributed by atoms with van der Waals surface area (Å²) in [5.41, 5.74) is 5.97. The van der Waals surface area contributed by atoms with Gasteiger partial charge in [-0.15, -0.1) is 11.3 Å². The summed E-state index contributed by atoms with van der Waals surface area (Å²) in [5.74, 6) is 0.592. The molecule has 0 spiro atoms. The number of thioether (sulfide) groups is 1. The van der Waals surface area contributed by atoms with Gasteiger partial charge >= 0.3 is 0 Å². The van der Waals surface area contributed by atoms with Gasteiger partial charge < -0.3 is 10.6 Å². The maximum absolute atomic E-state index is 12.5. The molecule has 3 rings (SSSR count). The van der Waals surface area contributed by atoms with E-state index in [0.29, 0.717) is 17.0 Å². The highest BCUT2D eigenvalue weighted by atomic mass is 32.2. The standard InChI is InChI=1S/C16H23N3OS2/c17-16(18-12-5-1-2-6-12)22-11-15(20)19-9-3-7-13(19)14-8-4-10-21-14/h4,8,10,12-13H,1-3,5-7,9,11H2,(H2,17,18). The smallest absolute Gasteiger partial charge is 0.233 e. The van der Waals surface area contributed by atoms with Crippen molar-refractivity contribution in [2.45, 2.75) is 50.6 Å². The first-order chi connectivity index (χ1) is 10.7. The quantitative estimate of drug-likeness (QED) is 0.676. The van der Waals surface area contributed by atoms with E-state index in [-0.39, 0.29) is 11.9 Å². The third kappa shape index (κ3) is 3.84. The second kappa shape index (κ2) is 7.51. The summed E-state index contributed by atoms with van der Waals surface area (Å²) in [4.78, 5) is 20.3. The Balaban J connectivity index is 1.53. The van der Waals surface area contributed by atoms with Crippen molar-refractivity contribution in [3.63, 3.8) is 0 Å². The van der Waals surface area contributed by atoms with Crippen molar-refractivity contribution < 1.29 is 4.79 Å². The minimum Gasteiger partial charge on any atom is -0.379 e. The van der Waals surface area contributed by atoms with E-state index in [2.05, 4.69) is 22.5 Å². The minimum atomic E-state index is 0.186. The highest BCUT2D eigenvalue weighted by Gasteiger charge is 2.30. The number of rotatable bonds is 4. The van der Waals surface area contributed by atoms with E-state index in [9.17, 15) is 4.79 Å². The maximum Gasteiger partial charge on any atom is 0.233 e. The van der Waals surface area contributed by atoms with Crippen LogP contribution in [0.15, 0.2) is 22.5 Å². The van der Waals surface area contributed by atoms with Crippen molar-refractivity contribution in [3.05, 3.63) is 22.4 Å². The zero-order valence-electron chi connectivity index (χ0n) is 12.7. The molecule has 1 aromatic heterocycles. The number of hydrogen-bond donors (Lipinski definition) is 1. The van der Waals surface area contributed by atoms with Gasteiger partial charge in [0, 0.05) is 11.4 Å². The van der Waals surface area contributed by atoms with Crippen LogP contribution in [-0.2, 0) is 4.79 Å². The van der Waals surface area contributed by atoms with Crippen LogP contribution in [0, 0.1) is 0 Å². The second-order valence-corrected chi connectivity index (χ2v) is 7.93. The molecule has 22 heavy (non-hydrogen) atoms. The molecule has 1 saturated carbocycles. The molecule has 1 amide bonds. The van der Waals surface area contributed by atoms with Crippen molar-refractivity contribution in [1.82, 2.24) is 4.90 Å². The highest BCUT2D eigenvalue weighted by molar-refractivity contribution is 8.14. The van der Waals surface area contributed by atoms with Gasteiger partial charge in [0.2, 0.25) is 5.91 Å². The summed E-state index contributed by atoms with van der Waals surface area (Å²) in [6.07, 6.45) is 6.94. The summed E-state index contributed by atoms with van der Waals surface area (Å²) in [7, 11) is 0. The Hall–Kier alpha value is -1.01. The molecule has 1 atom stereocenters. The van der Waals surface area contributed by atoms with Crippen LogP contribution in [0.1, 0.15) is 49.4 Å². The summed E-state index contributed by atoms with van der Waals surface area (Å²) in [6, 6.07) is 4.83. The van der Waals surface area contributed by atoms with Crippen LogP contribution < -0.4 is 5.73 Å². The number of amidine groups is 1. The number of aliphatic imine (C=N–C) groups is 1. The topological polar surface area (TPSA) is 58.7 Å². The number of likely N-dealkylation sites (tertiary alicyclic amines) is 1. The Morgan fingerprint density at radius 2 is 2.18 bits per heavy atom. The van der Waals surface area contributed by atoms with E-state index in [1.165, 1.54) is 29.5 Å². The fraction of sp³-hybridized carbons (Fsp3) is 0.625. The van der Waals surface area contributed by atoms with Crippen molar-refractivity contribution >= 4 is 34.2 Å². The van der Waals surface area contributed by atoms with Crippen LogP contribution in [0.5, 0.6) is 0 Å². The molecular weight excluding hydrogens is 314 g/mol. The van der Waals surface area contributed by atoms with E-state index in [0.717, 1.165) is 32.2 Å². The minimum absolute atomic E-state index is 0.186. The number of nitrogens with two attached hydrogens (primary N) is 1. The first-order valence-corrected chi connectivity index (χ1v) is 9.89. The van der Waals surface area contributed by atoms with E-state index < -0.39 is 0 Å². The second-order valence-electron chi connectivity index (χ2n) is 5.95. The molecule has 2 aliphatic rings. The lowest BCUT2D eigenvalue weighted by Gasteiger charge is -2.23. The Labute approximate surface area is 140 Å². The lowest BCUT2D eigenvalue weighted by atomic mass is 10.2. The molecule has 2 fully saturated rings. The fourth-order valence-corrected chi connectivity index (χ4v) is 4.85.